The highest BCUT2D eigenvalue weighted by atomic mass is 127. The molecule has 0 aromatic rings. The summed E-state index contributed by atoms with van der Waals surface area (Å²) < 4.78 is 1.54. The van der Waals surface area contributed by atoms with E-state index < -0.39 is 0 Å². The fourth-order valence-electron chi connectivity index (χ4n) is 0.633. The second-order valence-electron chi connectivity index (χ2n) is 2.15. The van der Waals surface area contributed by atoms with Crippen LogP contribution in [0.3, 0.4) is 0 Å². The SMILES string of the molecule is CCCCC/C(I)=C(/O)I. The molecular formula is C7H12I2O. The molecule has 0 aromatic carbocycles. The van der Waals surface area contributed by atoms with Crippen LogP contribution in [0, 0.1) is 0 Å². The van der Waals surface area contributed by atoms with Gasteiger partial charge in [-0.05, 0) is 58.0 Å². The maximum atomic E-state index is 8.98. The van der Waals surface area contributed by atoms with E-state index in [-0.39, 0.29) is 0 Å². The Morgan fingerprint density at radius 3 is 2.30 bits per heavy atom. The third kappa shape index (κ3) is 5.76. The Hall–Kier alpha value is 1.00. The standard InChI is InChI=1S/C7H12I2O/c1-2-3-4-5-6(8)7(9)10/h10H,2-5H2,1H3/b7-6-. The van der Waals surface area contributed by atoms with Crippen molar-refractivity contribution in [2.24, 2.45) is 0 Å². The van der Waals surface area contributed by atoms with Gasteiger partial charge in [0.2, 0.25) is 0 Å². The molecule has 0 radical (unpaired) electrons. The molecule has 0 unspecified atom stereocenters. The highest BCUT2D eigenvalue weighted by Crippen LogP contribution is 2.22. The van der Waals surface area contributed by atoms with Crippen LogP contribution in [0.25, 0.3) is 0 Å². The second-order valence-corrected chi connectivity index (χ2v) is 4.48. The van der Waals surface area contributed by atoms with E-state index in [0.717, 1.165) is 10.0 Å². The molecule has 0 fully saturated rings. The predicted octanol–water partition coefficient (Wildman–Crippen LogP) is 4.16. The third-order valence-electron chi connectivity index (χ3n) is 1.22. The van der Waals surface area contributed by atoms with Crippen LogP contribution in [0.1, 0.15) is 32.6 Å². The lowest BCUT2D eigenvalue weighted by Crippen LogP contribution is -1.78. The van der Waals surface area contributed by atoms with Crippen molar-refractivity contribution in [2.75, 3.05) is 0 Å². The number of aliphatic hydroxyl groups excluding tert-OH is 1. The van der Waals surface area contributed by atoms with E-state index in [9.17, 15) is 0 Å². The summed E-state index contributed by atoms with van der Waals surface area (Å²) in [6.45, 7) is 2.18. The van der Waals surface area contributed by atoms with Crippen molar-refractivity contribution in [3.63, 3.8) is 0 Å². The third-order valence-corrected chi connectivity index (χ3v) is 3.96. The van der Waals surface area contributed by atoms with E-state index in [0.29, 0.717) is 3.77 Å². The molecule has 0 spiro atoms. The summed E-state index contributed by atoms with van der Waals surface area (Å²) in [5, 5.41) is 8.98. The first-order valence-electron chi connectivity index (χ1n) is 3.41. The Kier molecular flexibility index (Phi) is 7.36. The van der Waals surface area contributed by atoms with Crippen LogP contribution in [-0.4, -0.2) is 5.11 Å². The zero-order valence-electron chi connectivity index (χ0n) is 6.03. The van der Waals surface area contributed by atoms with Gasteiger partial charge in [-0.2, -0.15) is 0 Å². The van der Waals surface area contributed by atoms with Crippen LogP contribution in [0.4, 0.5) is 0 Å². The van der Waals surface area contributed by atoms with Crippen molar-refractivity contribution in [3.05, 3.63) is 7.35 Å². The summed E-state index contributed by atoms with van der Waals surface area (Å²) in [7, 11) is 0. The van der Waals surface area contributed by atoms with Crippen LogP contribution in [0.5, 0.6) is 0 Å². The Labute approximate surface area is 89.6 Å². The zero-order chi connectivity index (χ0) is 7.98. The summed E-state index contributed by atoms with van der Waals surface area (Å²) in [6, 6.07) is 0. The van der Waals surface area contributed by atoms with Crippen LogP contribution < -0.4 is 0 Å². The molecule has 3 heteroatoms. The van der Waals surface area contributed by atoms with Gasteiger partial charge in [-0.25, -0.2) is 0 Å². The van der Waals surface area contributed by atoms with Crippen molar-refractivity contribution in [1.29, 1.82) is 0 Å². The number of rotatable bonds is 4. The first-order chi connectivity index (χ1) is 4.68. The molecule has 0 aliphatic carbocycles. The molecule has 0 aromatic heterocycles. The quantitative estimate of drug-likeness (QED) is 0.450. The molecule has 0 saturated carbocycles. The minimum absolute atomic E-state index is 0.453. The normalized spacial score (nSPS) is 13.1. The summed E-state index contributed by atoms with van der Waals surface area (Å²) in [5.41, 5.74) is 0. The highest BCUT2D eigenvalue weighted by molar-refractivity contribution is 14.1. The Morgan fingerprint density at radius 1 is 1.30 bits per heavy atom. The van der Waals surface area contributed by atoms with Crippen molar-refractivity contribution >= 4 is 45.2 Å². The van der Waals surface area contributed by atoms with Gasteiger partial charge in [-0.3, -0.25) is 0 Å². The first-order valence-corrected chi connectivity index (χ1v) is 5.57. The van der Waals surface area contributed by atoms with E-state index in [1.54, 1.807) is 0 Å². The first kappa shape index (κ1) is 11.0. The molecule has 0 bridgehead atoms. The monoisotopic (exact) mass is 366 g/mol. The average molecular weight is 366 g/mol. The minimum Gasteiger partial charge on any atom is -0.502 e. The fraction of sp³-hybridized carbons (Fsp3) is 0.714. The van der Waals surface area contributed by atoms with Gasteiger partial charge in [-0.1, -0.05) is 19.8 Å². The van der Waals surface area contributed by atoms with E-state index >= 15 is 0 Å². The average Bonchev–Trinajstić information content (AvgIpc) is 1.88. The fourth-order valence-corrected chi connectivity index (χ4v) is 1.28. The van der Waals surface area contributed by atoms with E-state index in [1.165, 1.54) is 19.3 Å². The Balaban J connectivity index is 3.40. The zero-order valence-corrected chi connectivity index (χ0v) is 10.3. The van der Waals surface area contributed by atoms with Gasteiger partial charge < -0.3 is 5.11 Å². The van der Waals surface area contributed by atoms with Crippen molar-refractivity contribution in [1.82, 2.24) is 0 Å². The van der Waals surface area contributed by atoms with Crippen molar-refractivity contribution in [3.8, 4) is 0 Å². The molecule has 1 N–H and O–H groups in total. The van der Waals surface area contributed by atoms with Gasteiger partial charge in [0.05, 0.1) is 0 Å². The number of allylic oxidation sites excluding steroid dienone is 1. The minimum atomic E-state index is 0.453. The number of hydrogen-bond acceptors (Lipinski definition) is 1. The number of halogens is 2. The molecule has 0 atom stereocenters. The molecule has 0 saturated heterocycles. The largest absolute Gasteiger partial charge is 0.502 e. The predicted molar refractivity (Wildman–Crippen MR) is 61.8 cm³/mol. The lowest BCUT2D eigenvalue weighted by Gasteiger charge is -1.97. The maximum Gasteiger partial charge on any atom is 0.162 e. The number of unbranched alkanes of at least 4 members (excludes halogenated alkanes) is 2. The summed E-state index contributed by atoms with van der Waals surface area (Å²) in [5.74, 6) is 0. The number of aliphatic hydroxyl groups is 1. The van der Waals surface area contributed by atoms with Gasteiger partial charge in [0, 0.05) is 3.58 Å². The van der Waals surface area contributed by atoms with Gasteiger partial charge >= 0.3 is 0 Å². The molecule has 10 heavy (non-hydrogen) atoms. The number of hydrogen-bond donors (Lipinski definition) is 1. The highest BCUT2D eigenvalue weighted by Gasteiger charge is 1.96. The maximum absolute atomic E-state index is 8.98. The van der Waals surface area contributed by atoms with E-state index in [4.69, 9.17) is 5.11 Å². The lowest BCUT2D eigenvalue weighted by atomic mass is 10.2. The van der Waals surface area contributed by atoms with Gasteiger partial charge in [0.1, 0.15) is 0 Å². The molecule has 0 heterocycles. The topological polar surface area (TPSA) is 20.2 Å². The molecule has 60 valence electrons. The van der Waals surface area contributed by atoms with Crippen molar-refractivity contribution in [2.45, 2.75) is 32.6 Å². The lowest BCUT2D eigenvalue weighted by molar-refractivity contribution is 0.461. The van der Waals surface area contributed by atoms with Gasteiger partial charge in [-0.15, -0.1) is 0 Å². The molecule has 0 amide bonds. The summed E-state index contributed by atoms with van der Waals surface area (Å²) >= 11 is 4.14. The smallest absolute Gasteiger partial charge is 0.162 e. The molecule has 1 nitrogen and oxygen atoms in total. The Bertz CT molecular complexity index is 117. The van der Waals surface area contributed by atoms with Gasteiger partial charge in [0.15, 0.2) is 3.77 Å². The van der Waals surface area contributed by atoms with Crippen LogP contribution in [0.2, 0.25) is 0 Å². The summed E-state index contributed by atoms with van der Waals surface area (Å²) in [6.07, 6.45) is 4.73. The molecule has 0 aliphatic heterocycles. The van der Waals surface area contributed by atoms with E-state index in [2.05, 4.69) is 29.5 Å². The summed E-state index contributed by atoms with van der Waals surface area (Å²) in [4.78, 5) is 0. The van der Waals surface area contributed by atoms with Crippen LogP contribution >= 0.6 is 45.2 Å². The van der Waals surface area contributed by atoms with Crippen molar-refractivity contribution < 1.29 is 5.11 Å². The molecular weight excluding hydrogens is 354 g/mol. The van der Waals surface area contributed by atoms with Gasteiger partial charge in [0.25, 0.3) is 0 Å². The molecule has 0 rings (SSSR count). The van der Waals surface area contributed by atoms with Crippen LogP contribution in [0.15, 0.2) is 7.35 Å². The molecule has 0 aliphatic rings. The second kappa shape index (κ2) is 6.69. The Morgan fingerprint density at radius 2 is 1.90 bits per heavy atom. The van der Waals surface area contributed by atoms with E-state index in [1.807, 2.05) is 22.6 Å². The van der Waals surface area contributed by atoms with Crippen LogP contribution in [-0.2, 0) is 0 Å².